The minimum Gasteiger partial charge on any atom is -0.452 e. The molecule has 4 aromatic rings. The molecular formula is C21H16F3N5O3. The van der Waals surface area contributed by atoms with E-state index in [1.54, 1.807) is 6.92 Å². The third kappa shape index (κ3) is 4.22. The number of alkyl halides is 3. The lowest BCUT2D eigenvalue weighted by molar-refractivity contribution is -0.137. The van der Waals surface area contributed by atoms with Crippen LogP contribution in [0.2, 0.25) is 0 Å². The first-order valence-corrected chi connectivity index (χ1v) is 9.38. The standard InChI is InChI=1S/C21H16F3N5O3/c1-12-5-3-4-6-15(12)19-27-18(32-28-19)11-31-20(30)16-10-26-29(13(16)2)17-8-7-14(9-25-17)21(22,23)24/h3-10H,11H2,1-2H3. The van der Waals surface area contributed by atoms with E-state index < -0.39 is 17.7 Å². The molecule has 0 aliphatic heterocycles. The fourth-order valence-corrected chi connectivity index (χ4v) is 2.97. The van der Waals surface area contributed by atoms with Crippen molar-refractivity contribution in [1.82, 2.24) is 24.9 Å². The van der Waals surface area contributed by atoms with Crippen molar-refractivity contribution in [2.75, 3.05) is 0 Å². The first kappa shape index (κ1) is 21.2. The van der Waals surface area contributed by atoms with E-state index in [9.17, 15) is 18.0 Å². The number of hydrogen-bond acceptors (Lipinski definition) is 7. The summed E-state index contributed by atoms with van der Waals surface area (Å²) in [5.41, 5.74) is 1.38. The van der Waals surface area contributed by atoms with Crippen molar-refractivity contribution in [2.24, 2.45) is 0 Å². The summed E-state index contributed by atoms with van der Waals surface area (Å²) in [6, 6.07) is 9.57. The summed E-state index contributed by atoms with van der Waals surface area (Å²) in [7, 11) is 0. The summed E-state index contributed by atoms with van der Waals surface area (Å²) in [6.45, 7) is 3.24. The highest BCUT2D eigenvalue weighted by molar-refractivity contribution is 5.90. The van der Waals surface area contributed by atoms with Gasteiger partial charge in [-0.1, -0.05) is 29.4 Å². The van der Waals surface area contributed by atoms with Gasteiger partial charge in [0.15, 0.2) is 12.4 Å². The van der Waals surface area contributed by atoms with Crippen molar-refractivity contribution in [3.63, 3.8) is 0 Å². The summed E-state index contributed by atoms with van der Waals surface area (Å²) >= 11 is 0. The average molecular weight is 443 g/mol. The van der Waals surface area contributed by atoms with E-state index in [4.69, 9.17) is 9.26 Å². The van der Waals surface area contributed by atoms with Crippen molar-refractivity contribution in [3.8, 4) is 17.2 Å². The highest BCUT2D eigenvalue weighted by Gasteiger charge is 2.31. The third-order valence-electron chi connectivity index (χ3n) is 4.70. The Morgan fingerprint density at radius 1 is 1.12 bits per heavy atom. The average Bonchev–Trinajstić information content (AvgIpc) is 3.38. The van der Waals surface area contributed by atoms with Crippen molar-refractivity contribution in [2.45, 2.75) is 26.6 Å². The number of ether oxygens (including phenoxy) is 1. The van der Waals surface area contributed by atoms with Crippen molar-refractivity contribution in [3.05, 3.63) is 77.1 Å². The van der Waals surface area contributed by atoms with Crippen LogP contribution in [0.3, 0.4) is 0 Å². The number of nitrogens with zero attached hydrogens (tertiary/aromatic N) is 5. The SMILES string of the molecule is Cc1ccccc1-c1noc(COC(=O)c2cnn(-c3ccc(C(F)(F)F)cn3)c2C)n1. The first-order chi connectivity index (χ1) is 15.2. The fourth-order valence-electron chi connectivity index (χ4n) is 2.97. The molecule has 0 bridgehead atoms. The minimum absolute atomic E-state index is 0.117. The normalized spacial score (nSPS) is 11.5. The zero-order chi connectivity index (χ0) is 22.9. The van der Waals surface area contributed by atoms with E-state index in [1.165, 1.54) is 16.9 Å². The molecule has 0 atom stereocenters. The summed E-state index contributed by atoms with van der Waals surface area (Å²) in [4.78, 5) is 20.5. The molecule has 3 heterocycles. The number of aryl methyl sites for hydroxylation is 1. The molecule has 32 heavy (non-hydrogen) atoms. The third-order valence-corrected chi connectivity index (χ3v) is 4.70. The maximum Gasteiger partial charge on any atom is 0.417 e. The molecule has 0 radical (unpaired) electrons. The van der Waals surface area contributed by atoms with Crippen LogP contribution in [-0.4, -0.2) is 30.9 Å². The van der Waals surface area contributed by atoms with E-state index in [0.29, 0.717) is 17.7 Å². The molecule has 8 nitrogen and oxygen atoms in total. The van der Waals surface area contributed by atoms with Crippen LogP contribution in [0.4, 0.5) is 13.2 Å². The van der Waals surface area contributed by atoms with Crippen LogP contribution in [0.5, 0.6) is 0 Å². The highest BCUT2D eigenvalue weighted by atomic mass is 19.4. The van der Waals surface area contributed by atoms with Crippen molar-refractivity contribution in [1.29, 1.82) is 0 Å². The molecule has 3 aromatic heterocycles. The molecule has 0 amide bonds. The largest absolute Gasteiger partial charge is 0.452 e. The van der Waals surface area contributed by atoms with Gasteiger partial charge in [-0.25, -0.2) is 14.5 Å². The van der Waals surface area contributed by atoms with Gasteiger partial charge in [0.05, 0.1) is 17.5 Å². The predicted molar refractivity (Wildman–Crippen MR) is 105 cm³/mol. The van der Waals surface area contributed by atoms with Gasteiger partial charge in [0.1, 0.15) is 5.56 Å². The van der Waals surface area contributed by atoms with E-state index in [-0.39, 0.29) is 23.9 Å². The number of carbonyl (C=O) groups excluding carboxylic acids is 1. The molecule has 164 valence electrons. The Balaban J connectivity index is 1.45. The van der Waals surface area contributed by atoms with Crippen LogP contribution >= 0.6 is 0 Å². The number of aromatic nitrogens is 5. The Kier molecular flexibility index (Phi) is 5.47. The second-order valence-electron chi connectivity index (χ2n) is 6.86. The first-order valence-electron chi connectivity index (χ1n) is 9.38. The molecule has 0 aliphatic rings. The van der Waals surface area contributed by atoms with Crippen molar-refractivity contribution < 1.29 is 27.2 Å². The summed E-state index contributed by atoms with van der Waals surface area (Å²) in [5, 5.41) is 7.93. The monoisotopic (exact) mass is 443 g/mol. The second-order valence-corrected chi connectivity index (χ2v) is 6.86. The zero-order valence-corrected chi connectivity index (χ0v) is 16.9. The Hall–Kier alpha value is -4.02. The summed E-state index contributed by atoms with van der Waals surface area (Å²) < 4.78 is 49.8. The van der Waals surface area contributed by atoms with Gasteiger partial charge in [-0.15, -0.1) is 0 Å². The van der Waals surface area contributed by atoms with E-state index in [0.717, 1.165) is 17.2 Å². The highest BCUT2D eigenvalue weighted by Crippen LogP contribution is 2.29. The summed E-state index contributed by atoms with van der Waals surface area (Å²) in [6.07, 6.45) is -2.53. The quantitative estimate of drug-likeness (QED) is 0.424. The Morgan fingerprint density at radius 3 is 2.59 bits per heavy atom. The predicted octanol–water partition coefficient (Wildman–Crippen LogP) is 4.31. The Morgan fingerprint density at radius 2 is 1.91 bits per heavy atom. The summed E-state index contributed by atoms with van der Waals surface area (Å²) in [5.74, 6) is -0.0665. The molecule has 4 rings (SSSR count). The number of rotatable bonds is 5. The number of hydrogen-bond donors (Lipinski definition) is 0. The lowest BCUT2D eigenvalue weighted by Gasteiger charge is -2.08. The topological polar surface area (TPSA) is 95.9 Å². The van der Waals surface area contributed by atoms with Gasteiger partial charge >= 0.3 is 12.1 Å². The molecule has 0 spiro atoms. The van der Waals surface area contributed by atoms with Crippen molar-refractivity contribution >= 4 is 5.97 Å². The van der Waals surface area contributed by atoms with Crippen LogP contribution < -0.4 is 0 Å². The van der Waals surface area contributed by atoms with E-state index >= 15 is 0 Å². The molecule has 0 fully saturated rings. The fraction of sp³-hybridized carbons (Fsp3) is 0.190. The van der Waals surface area contributed by atoms with Crippen LogP contribution in [0.25, 0.3) is 17.2 Å². The molecule has 0 saturated heterocycles. The number of pyridine rings is 1. The van der Waals surface area contributed by atoms with Gasteiger partial charge in [0, 0.05) is 11.8 Å². The molecule has 0 saturated carbocycles. The van der Waals surface area contributed by atoms with Crippen LogP contribution in [-0.2, 0) is 17.5 Å². The van der Waals surface area contributed by atoms with Gasteiger partial charge < -0.3 is 9.26 Å². The van der Waals surface area contributed by atoms with E-state index in [1.807, 2.05) is 31.2 Å². The van der Waals surface area contributed by atoms with Gasteiger partial charge in [-0.2, -0.15) is 23.3 Å². The molecule has 0 unspecified atom stereocenters. The lowest BCUT2D eigenvalue weighted by Crippen LogP contribution is -2.09. The Bertz CT molecular complexity index is 1260. The lowest BCUT2D eigenvalue weighted by atomic mass is 10.1. The van der Waals surface area contributed by atoms with Crippen LogP contribution in [0.15, 0.2) is 53.3 Å². The smallest absolute Gasteiger partial charge is 0.417 e. The minimum atomic E-state index is -4.49. The zero-order valence-electron chi connectivity index (χ0n) is 16.9. The molecule has 11 heteroatoms. The van der Waals surface area contributed by atoms with Gasteiger partial charge in [0.25, 0.3) is 5.89 Å². The van der Waals surface area contributed by atoms with Gasteiger partial charge in [-0.05, 0) is 31.5 Å². The number of carbonyl (C=O) groups is 1. The van der Waals surface area contributed by atoms with Gasteiger partial charge in [0.2, 0.25) is 5.82 Å². The number of esters is 1. The van der Waals surface area contributed by atoms with Crippen LogP contribution in [0, 0.1) is 13.8 Å². The molecule has 1 aromatic carbocycles. The molecule has 0 aliphatic carbocycles. The second kappa shape index (κ2) is 8.25. The number of halogens is 3. The number of benzene rings is 1. The van der Waals surface area contributed by atoms with Crippen LogP contribution in [0.1, 0.15) is 33.1 Å². The molecule has 0 N–H and O–H groups in total. The maximum atomic E-state index is 12.7. The van der Waals surface area contributed by atoms with E-state index in [2.05, 4.69) is 20.2 Å². The Labute approximate surface area is 179 Å². The van der Waals surface area contributed by atoms with Gasteiger partial charge in [-0.3, -0.25) is 0 Å². The molecular weight excluding hydrogens is 427 g/mol. The maximum absolute atomic E-state index is 12.7.